The van der Waals surface area contributed by atoms with Crippen LogP contribution in [-0.2, 0) is 15.4 Å². The van der Waals surface area contributed by atoms with E-state index in [4.69, 9.17) is 10.5 Å². The highest BCUT2D eigenvalue weighted by Crippen LogP contribution is 2.28. The van der Waals surface area contributed by atoms with Gasteiger partial charge in [-0.3, -0.25) is 0 Å². The first kappa shape index (κ1) is 19.2. The number of hydrogen-bond acceptors (Lipinski definition) is 4. The van der Waals surface area contributed by atoms with Crippen LogP contribution in [0.25, 0.3) is 0 Å². The summed E-state index contributed by atoms with van der Waals surface area (Å²) in [5, 5.41) is 17.4. The van der Waals surface area contributed by atoms with Crippen molar-refractivity contribution in [2.24, 2.45) is 0 Å². The molecule has 0 aliphatic heterocycles. The van der Waals surface area contributed by atoms with Gasteiger partial charge in [-0.25, -0.2) is 8.42 Å². The van der Waals surface area contributed by atoms with Crippen molar-refractivity contribution in [2.45, 2.75) is 50.3 Å². The normalized spacial score (nSPS) is 11.9. The van der Waals surface area contributed by atoms with Crippen LogP contribution in [0.5, 0.6) is 0 Å². The van der Waals surface area contributed by atoms with Gasteiger partial charge in [-0.2, -0.15) is 14.8 Å². The van der Waals surface area contributed by atoms with E-state index in [2.05, 4.69) is 20.8 Å². The molecule has 0 aliphatic rings. The molecule has 0 aliphatic carbocycles. The average Bonchev–Trinajstić information content (AvgIpc) is 2.54. The quantitative estimate of drug-likeness (QED) is 0.731. The zero-order valence-electron chi connectivity index (χ0n) is 13.9. The summed E-state index contributed by atoms with van der Waals surface area (Å²) in [6.45, 7) is 6.52. The van der Waals surface area contributed by atoms with Gasteiger partial charge in [0, 0.05) is 25.9 Å². The first-order valence-corrected chi connectivity index (χ1v) is 9.08. The van der Waals surface area contributed by atoms with Crippen LogP contribution in [0.3, 0.4) is 0 Å². The Balaban J connectivity index is 3.10. The van der Waals surface area contributed by atoms with Crippen molar-refractivity contribution in [1.82, 2.24) is 4.31 Å². The van der Waals surface area contributed by atoms with Crippen LogP contribution in [0.2, 0.25) is 0 Å². The largest absolute Gasteiger partial charge is 0.243 e. The Morgan fingerprint density at radius 1 is 1.04 bits per heavy atom. The van der Waals surface area contributed by atoms with Crippen LogP contribution in [-0.4, -0.2) is 25.8 Å². The average molecular weight is 333 g/mol. The molecule has 1 aromatic carbocycles. The number of rotatable bonds is 8. The van der Waals surface area contributed by atoms with Crippen molar-refractivity contribution in [3.63, 3.8) is 0 Å². The smallest absolute Gasteiger partial charge is 0.207 e. The van der Waals surface area contributed by atoms with Crippen molar-refractivity contribution in [1.29, 1.82) is 10.5 Å². The summed E-state index contributed by atoms with van der Waals surface area (Å²) in [6, 6.07) is 10.8. The van der Waals surface area contributed by atoms with Crippen molar-refractivity contribution in [3.05, 3.63) is 29.8 Å². The Labute approximate surface area is 139 Å². The molecule has 1 aromatic rings. The van der Waals surface area contributed by atoms with E-state index in [1.807, 2.05) is 24.3 Å². The van der Waals surface area contributed by atoms with E-state index >= 15 is 0 Å². The molecule has 5 nitrogen and oxygen atoms in total. The second-order valence-electron chi connectivity index (χ2n) is 5.98. The SMILES string of the molecule is CCC(C)(C)c1ccc(S(=O)(=O)N(CCC#N)CCC#N)cc1. The zero-order chi connectivity index (χ0) is 17.5. The highest BCUT2D eigenvalue weighted by molar-refractivity contribution is 7.89. The predicted molar refractivity (Wildman–Crippen MR) is 89.0 cm³/mol. The second kappa shape index (κ2) is 8.10. The molecular weight excluding hydrogens is 310 g/mol. The third-order valence-corrected chi connectivity index (χ3v) is 6.02. The zero-order valence-corrected chi connectivity index (χ0v) is 14.7. The molecule has 0 heterocycles. The van der Waals surface area contributed by atoms with E-state index < -0.39 is 10.0 Å². The molecule has 1 rings (SSSR count). The maximum atomic E-state index is 12.7. The molecule has 0 radical (unpaired) electrons. The fourth-order valence-corrected chi connectivity index (χ4v) is 3.57. The summed E-state index contributed by atoms with van der Waals surface area (Å²) < 4.78 is 26.6. The molecule has 124 valence electrons. The van der Waals surface area contributed by atoms with Crippen LogP contribution in [0.1, 0.15) is 45.6 Å². The summed E-state index contributed by atoms with van der Waals surface area (Å²) in [4.78, 5) is 0.198. The predicted octanol–water partition coefficient (Wildman–Crippen LogP) is 3.19. The van der Waals surface area contributed by atoms with Gasteiger partial charge in [-0.15, -0.1) is 0 Å². The van der Waals surface area contributed by atoms with Gasteiger partial charge in [0.1, 0.15) is 0 Å². The third-order valence-electron chi connectivity index (χ3n) is 4.10. The number of sulfonamides is 1. The molecule has 0 saturated carbocycles. The lowest BCUT2D eigenvalue weighted by atomic mass is 9.82. The maximum Gasteiger partial charge on any atom is 0.243 e. The van der Waals surface area contributed by atoms with Gasteiger partial charge in [0.25, 0.3) is 0 Å². The van der Waals surface area contributed by atoms with E-state index in [1.165, 1.54) is 4.31 Å². The first-order valence-electron chi connectivity index (χ1n) is 7.64. The van der Waals surface area contributed by atoms with Crippen LogP contribution in [0.15, 0.2) is 29.2 Å². The molecule has 0 spiro atoms. The first-order chi connectivity index (χ1) is 10.8. The van der Waals surface area contributed by atoms with Gasteiger partial charge in [0.05, 0.1) is 17.0 Å². The number of benzene rings is 1. The molecule has 0 atom stereocenters. The number of hydrogen-bond donors (Lipinski definition) is 0. The lowest BCUT2D eigenvalue weighted by Crippen LogP contribution is -2.33. The molecule has 0 saturated heterocycles. The molecule has 0 bridgehead atoms. The Morgan fingerprint density at radius 3 is 1.91 bits per heavy atom. The molecule has 6 heteroatoms. The minimum Gasteiger partial charge on any atom is -0.207 e. The van der Waals surface area contributed by atoms with E-state index in [1.54, 1.807) is 12.1 Å². The van der Waals surface area contributed by atoms with Gasteiger partial charge in [-0.05, 0) is 29.5 Å². The third kappa shape index (κ3) is 4.79. The fourth-order valence-electron chi connectivity index (χ4n) is 2.13. The minimum absolute atomic E-state index is 0.0103. The van der Waals surface area contributed by atoms with E-state index in [9.17, 15) is 8.42 Å². The minimum atomic E-state index is -3.68. The standard InChI is InChI=1S/C17H23N3O2S/c1-4-17(2,3)15-7-9-16(10-8-15)23(21,22)20(13-5-11-18)14-6-12-19/h7-10H,4-6,13-14H2,1-3H3. The van der Waals surface area contributed by atoms with Crippen molar-refractivity contribution >= 4 is 10.0 Å². The van der Waals surface area contributed by atoms with Gasteiger partial charge < -0.3 is 0 Å². The Morgan fingerprint density at radius 2 is 1.52 bits per heavy atom. The van der Waals surface area contributed by atoms with Crippen molar-refractivity contribution in [3.8, 4) is 12.1 Å². The number of nitrogens with zero attached hydrogens (tertiary/aromatic N) is 3. The van der Waals surface area contributed by atoms with Crippen LogP contribution >= 0.6 is 0 Å². The second-order valence-corrected chi connectivity index (χ2v) is 7.92. The van der Waals surface area contributed by atoms with Crippen LogP contribution in [0, 0.1) is 22.7 Å². The van der Waals surface area contributed by atoms with Gasteiger partial charge in [0.15, 0.2) is 0 Å². The lowest BCUT2D eigenvalue weighted by molar-refractivity contribution is 0.424. The molecule has 0 aromatic heterocycles. The summed E-state index contributed by atoms with van der Waals surface area (Å²) in [5.74, 6) is 0. The van der Waals surface area contributed by atoms with Crippen LogP contribution in [0.4, 0.5) is 0 Å². The van der Waals surface area contributed by atoms with Crippen LogP contribution < -0.4 is 0 Å². The Kier molecular flexibility index (Phi) is 6.75. The Bertz CT molecular complexity index is 677. The van der Waals surface area contributed by atoms with Gasteiger partial charge in [0.2, 0.25) is 10.0 Å². The summed E-state index contributed by atoms with van der Waals surface area (Å²) >= 11 is 0. The summed E-state index contributed by atoms with van der Waals surface area (Å²) in [7, 11) is -3.68. The Hall–Kier alpha value is -1.89. The van der Waals surface area contributed by atoms with Crippen molar-refractivity contribution in [2.75, 3.05) is 13.1 Å². The lowest BCUT2D eigenvalue weighted by Gasteiger charge is -2.24. The fraction of sp³-hybridized carbons (Fsp3) is 0.529. The molecular formula is C17H23N3O2S. The monoisotopic (exact) mass is 333 g/mol. The molecule has 0 N–H and O–H groups in total. The van der Waals surface area contributed by atoms with E-state index in [0.29, 0.717) is 0 Å². The highest BCUT2D eigenvalue weighted by atomic mass is 32.2. The summed E-state index contributed by atoms with van der Waals surface area (Å²) in [6.07, 6.45) is 1.16. The summed E-state index contributed by atoms with van der Waals surface area (Å²) in [5.41, 5.74) is 1.07. The highest BCUT2D eigenvalue weighted by Gasteiger charge is 2.25. The van der Waals surface area contributed by atoms with E-state index in [0.717, 1.165) is 12.0 Å². The molecule has 23 heavy (non-hydrogen) atoms. The molecule has 0 fully saturated rings. The van der Waals surface area contributed by atoms with Gasteiger partial charge in [-0.1, -0.05) is 32.9 Å². The van der Waals surface area contributed by atoms with E-state index in [-0.39, 0.29) is 36.2 Å². The number of nitriles is 2. The molecule has 0 amide bonds. The van der Waals surface area contributed by atoms with Gasteiger partial charge >= 0.3 is 0 Å². The molecule has 0 unspecified atom stereocenters. The maximum absolute atomic E-state index is 12.7. The topological polar surface area (TPSA) is 85.0 Å². The van der Waals surface area contributed by atoms with Crippen molar-refractivity contribution < 1.29 is 8.42 Å².